The van der Waals surface area contributed by atoms with Gasteiger partial charge in [-0.2, -0.15) is 0 Å². The summed E-state index contributed by atoms with van der Waals surface area (Å²) < 4.78 is 5.16. The standard InChI is InChI=1S/C20H37N3O3/c1-5-19(21-26-16(3)4)17-9-13-22(14-10-17)18-8-7-12-23(15-11-18)20(24)25-6-2/h16-18H,5-15H2,1-4H3. The molecule has 26 heavy (non-hydrogen) atoms. The summed E-state index contributed by atoms with van der Waals surface area (Å²) in [5.74, 6) is 0.553. The maximum atomic E-state index is 12.0. The van der Waals surface area contributed by atoms with Crippen molar-refractivity contribution in [3.63, 3.8) is 0 Å². The Labute approximate surface area is 158 Å². The van der Waals surface area contributed by atoms with Crippen LogP contribution < -0.4 is 0 Å². The fourth-order valence-corrected chi connectivity index (χ4v) is 4.04. The summed E-state index contributed by atoms with van der Waals surface area (Å²) in [5.41, 5.74) is 1.22. The largest absolute Gasteiger partial charge is 0.450 e. The number of carbonyl (C=O) groups is 1. The van der Waals surface area contributed by atoms with Crippen molar-refractivity contribution in [2.45, 2.75) is 78.4 Å². The number of hydrogen-bond acceptors (Lipinski definition) is 5. The Kier molecular flexibility index (Phi) is 8.69. The maximum absolute atomic E-state index is 12.0. The van der Waals surface area contributed by atoms with Gasteiger partial charge >= 0.3 is 6.09 Å². The lowest BCUT2D eigenvalue weighted by atomic mass is 9.89. The number of carbonyl (C=O) groups excluding carboxylic acids is 1. The predicted molar refractivity (Wildman–Crippen MR) is 104 cm³/mol. The zero-order valence-electron chi connectivity index (χ0n) is 17.1. The number of likely N-dealkylation sites (tertiary alicyclic amines) is 2. The van der Waals surface area contributed by atoms with E-state index in [2.05, 4.69) is 17.0 Å². The molecule has 0 N–H and O–H groups in total. The van der Waals surface area contributed by atoms with E-state index in [9.17, 15) is 4.79 Å². The third-order valence-electron chi connectivity index (χ3n) is 5.48. The second kappa shape index (κ2) is 10.8. The minimum absolute atomic E-state index is 0.143. The average molecular weight is 368 g/mol. The Balaban J connectivity index is 1.82. The van der Waals surface area contributed by atoms with E-state index in [1.165, 1.54) is 12.1 Å². The summed E-state index contributed by atoms with van der Waals surface area (Å²) in [7, 11) is 0. The minimum atomic E-state index is -0.152. The van der Waals surface area contributed by atoms with Crippen LogP contribution in [0.2, 0.25) is 0 Å². The van der Waals surface area contributed by atoms with Gasteiger partial charge in [0.2, 0.25) is 0 Å². The number of hydrogen-bond donors (Lipinski definition) is 0. The van der Waals surface area contributed by atoms with Crippen LogP contribution in [0.3, 0.4) is 0 Å². The molecule has 0 bridgehead atoms. The van der Waals surface area contributed by atoms with E-state index in [0.29, 0.717) is 18.6 Å². The number of ether oxygens (including phenoxy) is 1. The molecule has 1 atom stereocenters. The molecule has 0 spiro atoms. The van der Waals surface area contributed by atoms with E-state index in [0.717, 1.165) is 58.3 Å². The van der Waals surface area contributed by atoms with Gasteiger partial charge in [-0.3, -0.25) is 0 Å². The topological polar surface area (TPSA) is 54.4 Å². The van der Waals surface area contributed by atoms with E-state index in [4.69, 9.17) is 9.57 Å². The van der Waals surface area contributed by atoms with Crippen molar-refractivity contribution in [3.8, 4) is 0 Å². The van der Waals surface area contributed by atoms with Gasteiger partial charge in [-0.05, 0) is 72.4 Å². The van der Waals surface area contributed by atoms with Crippen LogP contribution in [-0.4, -0.2) is 66.5 Å². The number of nitrogens with zero attached hydrogens (tertiary/aromatic N) is 3. The van der Waals surface area contributed by atoms with Crippen molar-refractivity contribution >= 4 is 11.8 Å². The highest BCUT2D eigenvalue weighted by atomic mass is 16.6. The molecule has 2 saturated heterocycles. The molecule has 0 aromatic carbocycles. The first kappa shape index (κ1) is 21.0. The van der Waals surface area contributed by atoms with Crippen molar-refractivity contribution in [1.29, 1.82) is 0 Å². The SMILES string of the molecule is CCOC(=O)N1CCCC(N2CCC(C(CC)=NOC(C)C)CC2)CC1. The Morgan fingerprint density at radius 2 is 1.81 bits per heavy atom. The van der Waals surface area contributed by atoms with Gasteiger partial charge in [-0.15, -0.1) is 0 Å². The lowest BCUT2D eigenvalue weighted by Crippen LogP contribution is -2.43. The Morgan fingerprint density at radius 1 is 1.08 bits per heavy atom. The highest BCUT2D eigenvalue weighted by molar-refractivity contribution is 5.86. The van der Waals surface area contributed by atoms with E-state index in [1.807, 2.05) is 25.7 Å². The van der Waals surface area contributed by atoms with Crippen LogP contribution in [0.4, 0.5) is 4.79 Å². The molecular formula is C20H37N3O3. The number of rotatable bonds is 6. The van der Waals surface area contributed by atoms with Gasteiger partial charge in [0.25, 0.3) is 0 Å². The highest BCUT2D eigenvalue weighted by Crippen LogP contribution is 2.26. The summed E-state index contributed by atoms with van der Waals surface area (Å²) in [6, 6.07) is 0.587. The molecule has 1 unspecified atom stereocenters. The first-order valence-corrected chi connectivity index (χ1v) is 10.4. The lowest BCUT2D eigenvalue weighted by Gasteiger charge is -2.37. The van der Waals surface area contributed by atoms with Crippen molar-refractivity contribution in [2.75, 3.05) is 32.8 Å². The molecule has 0 saturated carbocycles. The fourth-order valence-electron chi connectivity index (χ4n) is 4.04. The molecule has 150 valence electrons. The zero-order chi connectivity index (χ0) is 18.9. The molecule has 6 heteroatoms. The summed E-state index contributed by atoms with van der Waals surface area (Å²) in [6.45, 7) is 12.4. The zero-order valence-corrected chi connectivity index (χ0v) is 17.1. The molecule has 0 aromatic rings. The van der Waals surface area contributed by atoms with Gasteiger partial charge in [-0.25, -0.2) is 4.79 Å². The van der Waals surface area contributed by atoms with Gasteiger partial charge in [0.05, 0.1) is 12.3 Å². The molecule has 2 aliphatic heterocycles. The van der Waals surface area contributed by atoms with Crippen LogP contribution in [0.25, 0.3) is 0 Å². The van der Waals surface area contributed by atoms with E-state index >= 15 is 0 Å². The smallest absolute Gasteiger partial charge is 0.409 e. The van der Waals surface area contributed by atoms with Crippen molar-refractivity contribution < 1.29 is 14.4 Å². The summed E-state index contributed by atoms with van der Waals surface area (Å²) in [5, 5.41) is 4.40. The molecule has 0 radical (unpaired) electrons. The summed E-state index contributed by atoms with van der Waals surface area (Å²) in [4.78, 5) is 21.9. The van der Waals surface area contributed by atoms with E-state index in [-0.39, 0.29) is 12.2 Å². The normalized spacial score (nSPS) is 23.8. The number of oxime groups is 1. The third-order valence-corrected chi connectivity index (χ3v) is 5.48. The van der Waals surface area contributed by atoms with Crippen LogP contribution in [0, 0.1) is 5.92 Å². The summed E-state index contributed by atoms with van der Waals surface area (Å²) in [6.07, 6.45) is 6.56. The van der Waals surface area contributed by atoms with E-state index in [1.54, 1.807) is 0 Å². The van der Waals surface area contributed by atoms with Crippen molar-refractivity contribution in [2.24, 2.45) is 11.1 Å². The number of amides is 1. The van der Waals surface area contributed by atoms with Gasteiger partial charge in [0, 0.05) is 25.0 Å². The second-order valence-electron chi connectivity index (χ2n) is 7.67. The number of piperidine rings is 1. The molecule has 2 rings (SSSR count). The molecule has 0 aromatic heterocycles. The van der Waals surface area contributed by atoms with Crippen LogP contribution in [-0.2, 0) is 9.57 Å². The Morgan fingerprint density at radius 3 is 2.42 bits per heavy atom. The predicted octanol–water partition coefficient (Wildman–Crippen LogP) is 3.90. The van der Waals surface area contributed by atoms with Crippen LogP contribution in [0.5, 0.6) is 0 Å². The molecule has 2 fully saturated rings. The maximum Gasteiger partial charge on any atom is 0.409 e. The van der Waals surface area contributed by atoms with Crippen molar-refractivity contribution in [3.05, 3.63) is 0 Å². The molecule has 1 amide bonds. The van der Waals surface area contributed by atoms with Gasteiger partial charge < -0.3 is 19.4 Å². The van der Waals surface area contributed by atoms with Crippen LogP contribution in [0.1, 0.15) is 66.2 Å². The molecule has 0 aliphatic carbocycles. The molecular weight excluding hydrogens is 330 g/mol. The van der Waals surface area contributed by atoms with Crippen molar-refractivity contribution in [1.82, 2.24) is 9.80 Å². The molecule has 6 nitrogen and oxygen atoms in total. The van der Waals surface area contributed by atoms with Crippen LogP contribution in [0.15, 0.2) is 5.16 Å². The van der Waals surface area contributed by atoms with Gasteiger partial charge in [-0.1, -0.05) is 12.1 Å². The highest BCUT2D eigenvalue weighted by Gasteiger charge is 2.29. The first-order chi connectivity index (χ1) is 12.5. The molecule has 2 heterocycles. The fraction of sp³-hybridized carbons (Fsp3) is 0.900. The van der Waals surface area contributed by atoms with Gasteiger partial charge in [0.15, 0.2) is 0 Å². The lowest BCUT2D eigenvalue weighted by molar-refractivity contribution is 0.0817. The Hall–Kier alpha value is -1.30. The monoisotopic (exact) mass is 367 g/mol. The first-order valence-electron chi connectivity index (χ1n) is 10.4. The Bertz CT molecular complexity index is 459. The third kappa shape index (κ3) is 6.15. The van der Waals surface area contributed by atoms with E-state index < -0.39 is 0 Å². The summed E-state index contributed by atoms with van der Waals surface area (Å²) >= 11 is 0. The quantitative estimate of drug-likeness (QED) is 0.528. The average Bonchev–Trinajstić information content (AvgIpc) is 2.89. The van der Waals surface area contributed by atoms with Crippen LogP contribution >= 0.6 is 0 Å². The van der Waals surface area contributed by atoms with Gasteiger partial charge in [0.1, 0.15) is 6.10 Å². The minimum Gasteiger partial charge on any atom is -0.450 e. The second-order valence-corrected chi connectivity index (χ2v) is 7.67. The molecule has 2 aliphatic rings.